The lowest BCUT2D eigenvalue weighted by molar-refractivity contribution is -0.115. The summed E-state index contributed by atoms with van der Waals surface area (Å²) in [4.78, 5) is 15.2. The number of hydrogen-bond acceptors (Lipinski definition) is 1. The van der Waals surface area contributed by atoms with Gasteiger partial charge in [0.2, 0.25) is 5.91 Å². The van der Waals surface area contributed by atoms with Gasteiger partial charge in [-0.3, -0.25) is 4.79 Å². The maximum atomic E-state index is 11.2. The highest BCUT2D eigenvalue weighted by atomic mass is 28.3. The maximum absolute atomic E-state index is 11.2. The Kier molecular flexibility index (Phi) is 4.63. The quantitative estimate of drug-likeness (QED) is 0.507. The summed E-state index contributed by atoms with van der Waals surface area (Å²) in [7, 11) is -2.03. The van der Waals surface area contributed by atoms with Crippen molar-refractivity contribution < 1.29 is 4.79 Å². The van der Waals surface area contributed by atoms with Crippen LogP contribution in [-0.4, -0.2) is 28.6 Å². The van der Waals surface area contributed by atoms with Gasteiger partial charge in [0.25, 0.3) is 0 Å². The molecule has 0 rings (SSSR count). The molecular weight excluding hydrogens is 182 g/mol. The van der Waals surface area contributed by atoms with Crippen molar-refractivity contribution >= 4 is 28.6 Å². The van der Waals surface area contributed by atoms with Gasteiger partial charge in [0, 0.05) is 6.04 Å². The van der Waals surface area contributed by atoms with E-state index in [-0.39, 0.29) is 5.91 Å². The van der Waals surface area contributed by atoms with Crippen molar-refractivity contribution in [2.75, 3.05) is 0 Å². The molecule has 2 nitrogen and oxygen atoms in total. The minimum atomic E-state index is -1.24. The Hall–Kier alpha value is -0.226. The molecule has 0 aromatic carbocycles. The largest absolute Gasteiger partial charge is 0.273 e. The van der Waals surface area contributed by atoms with Crippen LogP contribution >= 0.6 is 0 Å². The lowest BCUT2D eigenvalue weighted by Crippen LogP contribution is -2.23. The Morgan fingerprint density at radius 2 is 1.92 bits per heavy atom. The van der Waals surface area contributed by atoms with Gasteiger partial charge in [0.05, 0.1) is 16.9 Å². The van der Waals surface area contributed by atoms with Crippen LogP contribution in [0.15, 0.2) is 4.99 Å². The molecule has 0 aliphatic rings. The summed E-state index contributed by atoms with van der Waals surface area (Å²) >= 11 is 0. The minimum absolute atomic E-state index is 0.0790. The van der Waals surface area contributed by atoms with E-state index >= 15 is 0 Å². The Morgan fingerprint density at radius 3 is 2.25 bits per heavy atom. The van der Waals surface area contributed by atoms with E-state index in [1.165, 1.54) is 0 Å². The number of hydrogen-bond donors (Lipinski definition) is 0. The number of nitrogens with zero attached hydrogens (tertiary/aromatic N) is 1. The zero-order valence-electron chi connectivity index (χ0n) is 8.72. The van der Waals surface area contributed by atoms with Crippen LogP contribution in [0, 0.1) is 0 Å². The molecular formula is C8H19NOSi2. The molecule has 0 saturated heterocycles. The third-order valence-corrected chi connectivity index (χ3v) is 3.31. The molecule has 4 heteroatoms. The van der Waals surface area contributed by atoms with E-state index in [1.54, 1.807) is 0 Å². The van der Waals surface area contributed by atoms with Gasteiger partial charge in [-0.2, -0.15) is 0 Å². The second-order valence-corrected chi connectivity index (χ2v) is 12.9. The summed E-state index contributed by atoms with van der Waals surface area (Å²) in [5.41, 5.74) is 0. The average Bonchev–Trinajstić information content (AvgIpc) is 1.79. The first kappa shape index (κ1) is 11.8. The van der Waals surface area contributed by atoms with Gasteiger partial charge in [-0.05, 0) is 5.84 Å². The molecule has 0 bridgehead atoms. The molecule has 12 heavy (non-hydrogen) atoms. The summed E-state index contributed by atoms with van der Waals surface area (Å²) < 4.78 is 0. The Morgan fingerprint density at radius 1 is 1.42 bits per heavy atom. The highest BCUT2D eigenvalue weighted by Gasteiger charge is 2.17. The van der Waals surface area contributed by atoms with Gasteiger partial charge >= 0.3 is 0 Å². The molecule has 0 aliphatic carbocycles. The van der Waals surface area contributed by atoms with Crippen LogP contribution in [-0.2, 0) is 4.79 Å². The molecule has 0 radical (unpaired) electrons. The smallest absolute Gasteiger partial charge is 0.242 e. The van der Waals surface area contributed by atoms with Gasteiger partial charge in [-0.15, -0.1) is 0 Å². The van der Waals surface area contributed by atoms with Crippen molar-refractivity contribution in [2.45, 2.75) is 38.8 Å². The molecule has 70 valence electrons. The third-order valence-electron chi connectivity index (χ3n) is 1.20. The number of rotatable bonds is 3. The van der Waals surface area contributed by atoms with Crippen LogP contribution in [0.1, 0.15) is 0 Å². The maximum Gasteiger partial charge on any atom is 0.242 e. The van der Waals surface area contributed by atoms with Crippen molar-refractivity contribution in [3.05, 3.63) is 0 Å². The monoisotopic (exact) mass is 201 g/mol. The van der Waals surface area contributed by atoms with Gasteiger partial charge in [0.15, 0.2) is 0 Å². The first-order valence-corrected chi connectivity index (χ1v) is 11.1. The highest BCUT2D eigenvalue weighted by Crippen LogP contribution is 2.08. The lowest BCUT2D eigenvalue weighted by Gasteiger charge is -2.11. The fourth-order valence-corrected chi connectivity index (χ4v) is 2.19. The van der Waals surface area contributed by atoms with Crippen LogP contribution < -0.4 is 0 Å². The molecule has 0 fully saturated rings. The predicted octanol–water partition coefficient (Wildman–Crippen LogP) is 1.95. The molecule has 0 atom stereocenters. The summed E-state index contributed by atoms with van der Waals surface area (Å²) in [6.45, 7) is 10.9. The van der Waals surface area contributed by atoms with Gasteiger partial charge in [-0.25, -0.2) is 4.99 Å². The summed E-state index contributed by atoms with van der Waals surface area (Å²) in [5.74, 6) is 1.94. The standard InChI is InChI=1S/C8H19NOSi2/c1-11(2)7-9-8(10)6-12(3,4)5/h7,11H,6H2,1-5H3/b9-7-. The molecule has 0 aliphatic heterocycles. The van der Waals surface area contributed by atoms with Crippen LogP contribution in [0.25, 0.3) is 0 Å². The molecule has 1 amide bonds. The van der Waals surface area contributed by atoms with Crippen molar-refractivity contribution in [1.82, 2.24) is 0 Å². The summed E-state index contributed by atoms with van der Waals surface area (Å²) in [6.07, 6.45) is 0. The Labute approximate surface area is 77.7 Å². The van der Waals surface area contributed by atoms with Crippen LogP contribution in [0.4, 0.5) is 0 Å². The van der Waals surface area contributed by atoms with Gasteiger partial charge in [0.1, 0.15) is 0 Å². The molecule has 0 aromatic heterocycles. The number of aliphatic imine (C=N–C) groups is 1. The van der Waals surface area contributed by atoms with Crippen molar-refractivity contribution in [1.29, 1.82) is 0 Å². The van der Waals surface area contributed by atoms with E-state index < -0.39 is 16.9 Å². The van der Waals surface area contributed by atoms with E-state index in [0.717, 1.165) is 0 Å². The molecule has 0 heterocycles. The molecule has 0 unspecified atom stereocenters. The van der Waals surface area contributed by atoms with Crippen molar-refractivity contribution in [3.63, 3.8) is 0 Å². The fraction of sp³-hybridized carbons (Fsp3) is 0.750. The van der Waals surface area contributed by atoms with Crippen LogP contribution in [0.5, 0.6) is 0 Å². The van der Waals surface area contributed by atoms with E-state index in [0.29, 0.717) is 6.04 Å². The van der Waals surface area contributed by atoms with Crippen molar-refractivity contribution in [3.8, 4) is 0 Å². The summed E-state index contributed by atoms with van der Waals surface area (Å²) in [5, 5.41) is 0. The second-order valence-electron chi connectivity index (χ2n) is 4.65. The fourth-order valence-electron chi connectivity index (χ4n) is 0.732. The molecule has 0 saturated carbocycles. The second kappa shape index (κ2) is 4.72. The molecule has 0 spiro atoms. The van der Waals surface area contributed by atoms with Crippen LogP contribution in [0.3, 0.4) is 0 Å². The lowest BCUT2D eigenvalue weighted by atomic mass is 10.7. The Balaban J connectivity index is 3.91. The number of carbonyl (C=O) groups is 1. The summed E-state index contributed by atoms with van der Waals surface area (Å²) in [6, 6.07) is 0.685. The topological polar surface area (TPSA) is 29.4 Å². The number of amides is 1. The highest BCUT2D eigenvalue weighted by molar-refractivity contribution is 6.84. The van der Waals surface area contributed by atoms with E-state index in [4.69, 9.17) is 0 Å². The molecule has 0 N–H and O–H groups in total. The SMILES string of the molecule is C[SiH](C)/C=N\C(=O)C[Si](C)(C)C. The van der Waals surface area contributed by atoms with E-state index in [9.17, 15) is 4.79 Å². The van der Waals surface area contributed by atoms with Crippen molar-refractivity contribution in [2.24, 2.45) is 4.99 Å². The zero-order valence-corrected chi connectivity index (χ0v) is 10.9. The average molecular weight is 201 g/mol. The predicted molar refractivity (Wildman–Crippen MR) is 60.5 cm³/mol. The number of carbonyl (C=O) groups excluding carboxylic acids is 1. The zero-order chi connectivity index (χ0) is 9.78. The first-order valence-electron chi connectivity index (χ1n) is 4.38. The molecule has 0 aromatic rings. The van der Waals surface area contributed by atoms with E-state index in [2.05, 4.69) is 37.7 Å². The first-order chi connectivity index (χ1) is 5.31. The third kappa shape index (κ3) is 7.88. The van der Waals surface area contributed by atoms with Gasteiger partial charge in [-0.1, -0.05) is 32.7 Å². The van der Waals surface area contributed by atoms with Gasteiger partial charge < -0.3 is 0 Å². The van der Waals surface area contributed by atoms with Crippen LogP contribution in [0.2, 0.25) is 38.8 Å². The minimum Gasteiger partial charge on any atom is -0.273 e. The van der Waals surface area contributed by atoms with E-state index in [1.807, 2.05) is 5.84 Å². The normalized spacial score (nSPS) is 12.8. The Bertz CT molecular complexity index is 182.